The fourth-order valence-corrected chi connectivity index (χ4v) is 3.22. The van der Waals surface area contributed by atoms with Crippen molar-refractivity contribution >= 4 is 5.97 Å². The number of hydrogen-bond acceptors (Lipinski definition) is 7. The van der Waals surface area contributed by atoms with Gasteiger partial charge >= 0.3 is 5.97 Å². The van der Waals surface area contributed by atoms with Gasteiger partial charge in [-0.25, -0.2) is 19.7 Å². The van der Waals surface area contributed by atoms with Crippen molar-refractivity contribution in [1.82, 2.24) is 15.0 Å². The second-order valence-corrected chi connectivity index (χ2v) is 7.41. The Morgan fingerprint density at radius 1 is 0.758 bits per heavy atom. The molecule has 0 aliphatic carbocycles. The van der Waals surface area contributed by atoms with Crippen molar-refractivity contribution < 1.29 is 19.7 Å². The predicted octanol–water partition coefficient (Wildman–Crippen LogP) is 5.24. The molecule has 1 aromatic heterocycles. The van der Waals surface area contributed by atoms with Crippen LogP contribution in [-0.4, -0.2) is 37.7 Å². The Labute approximate surface area is 191 Å². The molecule has 0 saturated heterocycles. The summed E-state index contributed by atoms with van der Waals surface area (Å²) in [6.45, 7) is 2.42. The van der Waals surface area contributed by atoms with Crippen molar-refractivity contribution in [2.45, 2.75) is 19.8 Å². The van der Waals surface area contributed by atoms with Crippen molar-refractivity contribution in [2.24, 2.45) is 0 Å². The number of rotatable bonds is 7. The van der Waals surface area contributed by atoms with Crippen molar-refractivity contribution in [2.75, 3.05) is 6.61 Å². The third-order valence-electron chi connectivity index (χ3n) is 5.04. The fourth-order valence-electron chi connectivity index (χ4n) is 3.22. The molecule has 0 saturated carbocycles. The SMILES string of the molecule is CCCCOC(=O)c1ccc(-c2nc(-c3ccccc3O)nc(-c3ccccc3O)n2)cc1. The van der Waals surface area contributed by atoms with E-state index in [1.807, 2.05) is 6.92 Å². The molecule has 0 atom stereocenters. The zero-order chi connectivity index (χ0) is 23.2. The van der Waals surface area contributed by atoms with E-state index in [0.717, 1.165) is 12.8 Å². The summed E-state index contributed by atoms with van der Waals surface area (Å²) in [6.07, 6.45) is 1.77. The first-order valence-corrected chi connectivity index (χ1v) is 10.7. The number of aromatic hydroxyl groups is 2. The molecule has 0 aliphatic heterocycles. The summed E-state index contributed by atoms with van der Waals surface area (Å²) in [5.41, 5.74) is 1.96. The number of ether oxygens (including phenoxy) is 1. The highest BCUT2D eigenvalue weighted by atomic mass is 16.5. The Hall–Kier alpha value is -4.26. The average molecular weight is 441 g/mol. The van der Waals surface area contributed by atoms with Crippen LogP contribution in [0.3, 0.4) is 0 Å². The molecule has 0 radical (unpaired) electrons. The van der Waals surface area contributed by atoms with Gasteiger partial charge in [0.15, 0.2) is 17.5 Å². The molecule has 0 aliphatic rings. The Balaban J connectivity index is 1.76. The van der Waals surface area contributed by atoms with E-state index in [2.05, 4.69) is 15.0 Å². The summed E-state index contributed by atoms with van der Waals surface area (Å²) in [5, 5.41) is 20.7. The second kappa shape index (κ2) is 9.91. The van der Waals surface area contributed by atoms with Crippen LogP contribution in [0.4, 0.5) is 0 Å². The summed E-state index contributed by atoms with van der Waals surface area (Å²) in [7, 11) is 0. The molecule has 3 aromatic carbocycles. The second-order valence-electron chi connectivity index (χ2n) is 7.41. The Morgan fingerprint density at radius 2 is 1.27 bits per heavy atom. The lowest BCUT2D eigenvalue weighted by Crippen LogP contribution is -2.06. The van der Waals surface area contributed by atoms with Gasteiger partial charge in [0.25, 0.3) is 0 Å². The zero-order valence-corrected chi connectivity index (χ0v) is 18.1. The number of phenolic OH excluding ortho intramolecular Hbond substituents is 2. The number of phenols is 2. The van der Waals surface area contributed by atoms with E-state index in [-0.39, 0.29) is 29.1 Å². The number of hydrogen-bond donors (Lipinski definition) is 2. The van der Waals surface area contributed by atoms with Gasteiger partial charge in [0, 0.05) is 5.56 Å². The van der Waals surface area contributed by atoms with Crippen LogP contribution in [0.1, 0.15) is 30.1 Å². The van der Waals surface area contributed by atoms with E-state index >= 15 is 0 Å². The summed E-state index contributed by atoms with van der Waals surface area (Å²) in [6, 6.07) is 20.3. The predicted molar refractivity (Wildman–Crippen MR) is 125 cm³/mol. The molecule has 0 spiro atoms. The molecule has 2 N–H and O–H groups in total. The van der Waals surface area contributed by atoms with E-state index in [4.69, 9.17) is 4.74 Å². The maximum atomic E-state index is 12.2. The minimum absolute atomic E-state index is 0.0306. The lowest BCUT2D eigenvalue weighted by Gasteiger charge is -2.10. The van der Waals surface area contributed by atoms with E-state index < -0.39 is 0 Å². The molecule has 166 valence electrons. The standard InChI is InChI=1S/C26H23N3O4/c1-2-3-16-33-26(32)18-14-12-17(13-15-18)23-27-24(19-8-4-6-10-21(19)30)29-25(28-23)20-9-5-7-11-22(20)31/h4-15,30-31H,2-3,16H2,1H3. The molecule has 0 amide bonds. The number of para-hydroxylation sites is 2. The molecular weight excluding hydrogens is 418 g/mol. The maximum Gasteiger partial charge on any atom is 0.338 e. The third kappa shape index (κ3) is 4.98. The summed E-state index contributed by atoms with van der Waals surface area (Å²) >= 11 is 0. The lowest BCUT2D eigenvalue weighted by atomic mass is 10.1. The third-order valence-corrected chi connectivity index (χ3v) is 5.04. The normalized spacial score (nSPS) is 10.7. The molecular formula is C26H23N3O4. The van der Waals surface area contributed by atoms with Gasteiger partial charge in [-0.2, -0.15) is 0 Å². The molecule has 0 fully saturated rings. The number of nitrogens with zero attached hydrogens (tertiary/aromatic N) is 3. The Kier molecular flexibility index (Phi) is 6.59. The van der Waals surface area contributed by atoms with Gasteiger partial charge in [-0.1, -0.05) is 49.7 Å². The highest BCUT2D eigenvalue weighted by molar-refractivity contribution is 5.90. The fraction of sp³-hybridized carbons (Fsp3) is 0.154. The molecule has 1 heterocycles. The van der Waals surface area contributed by atoms with Crippen molar-refractivity contribution in [3.63, 3.8) is 0 Å². The van der Waals surface area contributed by atoms with Crippen molar-refractivity contribution in [1.29, 1.82) is 0 Å². The molecule has 4 aromatic rings. The van der Waals surface area contributed by atoms with Crippen LogP contribution >= 0.6 is 0 Å². The van der Waals surface area contributed by atoms with Crippen LogP contribution in [0.5, 0.6) is 11.5 Å². The highest BCUT2D eigenvalue weighted by Crippen LogP contribution is 2.32. The largest absolute Gasteiger partial charge is 0.507 e. The van der Waals surface area contributed by atoms with E-state index in [1.54, 1.807) is 72.8 Å². The monoisotopic (exact) mass is 441 g/mol. The maximum absolute atomic E-state index is 12.2. The first kappa shape index (κ1) is 22.0. The van der Waals surface area contributed by atoms with Gasteiger partial charge in [0.05, 0.1) is 23.3 Å². The van der Waals surface area contributed by atoms with E-state index in [9.17, 15) is 15.0 Å². The summed E-state index contributed by atoms with van der Waals surface area (Å²) < 4.78 is 5.26. The highest BCUT2D eigenvalue weighted by Gasteiger charge is 2.16. The minimum atomic E-state index is -0.379. The smallest absolute Gasteiger partial charge is 0.338 e. The van der Waals surface area contributed by atoms with Crippen LogP contribution in [0.2, 0.25) is 0 Å². The average Bonchev–Trinajstić information content (AvgIpc) is 2.84. The van der Waals surface area contributed by atoms with Crippen molar-refractivity contribution in [3.8, 4) is 45.7 Å². The number of aromatic nitrogens is 3. The van der Waals surface area contributed by atoms with Crippen LogP contribution in [0.15, 0.2) is 72.8 Å². The van der Waals surface area contributed by atoms with E-state index in [1.165, 1.54) is 0 Å². The van der Waals surface area contributed by atoms with Crippen LogP contribution in [0.25, 0.3) is 34.2 Å². The number of unbranched alkanes of at least 4 members (excludes halogenated alkanes) is 1. The quantitative estimate of drug-likeness (QED) is 0.298. The molecule has 4 rings (SSSR count). The Bertz CT molecular complexity index is 1210. The first-order valence-electron chi connectivity index (χ1n) is 10.7. The minimum Gasteiger partial charge on any atom is -0.507 e. The van der Waals surface area contributed by atoms with Gasteiger partial charge < -0.3 is 14.9 Å². The number of benzene rings is 3. The number of carbonyl (C=O) groups excluding carboxylic acids is 1. The molecule has 0 bridgehead atoms. The van der Waals surface area contributed by atoms with Gasteiger partial charge in [0.2, 0.25) is 0 Å². The van der Waals surface area contributed by atoms with Gasteiger partial charge in [-0.3, -0.25) is 0 Å². The summed E-state index contributed by atoms with van der Waals surface area (Å²) in [4.78, 5) is 25.8. The molecule has 33 heavy (non-hydrogen) atoms. The number of esters is 1. The van der Waals surface area contributed by atoms with Gasteiger partial charge in [0.1, 0.15) is 11.5 Å². The topological polar surface area (TPSA) is 105 Å². The zero-order valence-electron chi connectivity index (χ0n) is 18.1. The lowest BCUT2D eigenvalue weighted by molar-refractivity contribution is 0.0499. The van der Waals surface area contributed by atoms with Crippen LogP contribution < -0.4 is 0 Å². The summed E-state index contributed by atoms with van der Waals surface area (Å²) in [5.74, 6) is 0.549. The molecule has 0 unspecified atom stereocenters. The Morgan fingerprint density at radius 3 is 1.79 bits per heavy atom. The molecule has 7 nitrogen and oxygen atoms in total. The van der Waals surface area contributed by atoms with E-state index in [0.29, 0.717) is 34.7 Å². The van der Waals surface area contributed by atoms with Gasteiger partial charge in [-0.05, 0) is 42.8 Å². The van der Waals surface area contributed by atoms with Crippen molar-refractivity contribution in [3.05, 3.63) is 78.4 Å². The number of carbonyl (C=O) groups is 1. The van der Waals surface area contributed by atoms with Crippen LogP contribution in [0, 0.1) is 0 Å². The van der Waals surface area contributed by atoms with Gasteiger partial charge in [-0.15, -0.1) is 0 Å². The van der Waals surface area contributed by atoms with Crippen LogP contribution in [-0.2, 0) is 4.74 Å². The molecule has 7 heteroatoms. The first-order chi connectivity index (χ1) is 16.1.